The smallest absolute Gasteiger partial charge is 0.0992 e. The fourth-order valence-electron chi connectivity index (χ4n) is 1.98. The molecule has 2 aromatic carbocycles. The quantitative estimate of drug-likeness (QED) is 0.883. The van der Waals surface area contributed by atoms with E-state index in [0.29, 0.717) is 5.56 Å². The molecule has 0 saturated heterocycles. The molecule has 3 heteroatoms. The second-order valence-corrected chi connectivity index (χ2v) is 5.38. The topological polar surface area (TPSA) is 35.8 Å². The average molecular weight is 315 g/mol. The highest BCUT2D eigenvalue weighted by atomic mass is 79.9. The lowest BCUT2D eigenvalue weighted by atomic mass is 10.1. The molecule has 2 nitrogen and oxygen atoms in total. The zero-order valence-corrected chi connectivity index (χ0v) is 12.5. The standard InChI is InChI=1S/C16H15BrN2/c1-11-7-8-13(10-18)9-16(11)19-12(2)14-5-3-4-6-15(14)17/h3-9,12,19H,1-2H3. The second-order valence-electron chi connectivity index (χ2n) is 4.53. The number of hydrogen-bond donors (Lipinski definition) is 1. The summed E-state index contributed by atoms with van der Waals surface area (Å²) in [6.45, 7) is 4.15. The fourth-order valence-corrected chi connectivity index (χ4v) is 2.61. The summed E-state index contributed by atoms with van der Waals surface area (Å²) in [4.78, 5) is 0. The Morgan fingerprint density at radius 1 is 1.21 bits per heavy atom. The summed E-state index contributed by atoms with van der Waals surface area (Å²) in [6.07, 6.45) is 0. The van der Waals surface area contributed by atoms with Crippen molar-refractivity contribution in [2.24, 2.45) is 0 Å². The molecule has 0 bridgehead atoms. The van der Waals surface area contributed by atoms with Gasteiger partial charge in [0.2, 0.25) is 0 Å². The van der Waals surface area contributed by atoms with Gasteiger partial charge in [0.1, 0.15) is 0 Å². The maximum atomic E-state index is 8.96. The highest BCUT2D eigenvalue weighted by Crippen LogP contribution is 2.27. The van der Waals surface area contributed by atoms with E-state index in [0.717, 1.165) is 15.7 Å². The van der Waals surface area contributed by atoms with Crippen molar-refractivity contribution in [3.63, 3.8) is 0 Å². The largest absolute Gasteiger partial charge is 0.378 e. The van der Waals surface area contributed by atoms with Gasteiger partial charge in [0, 0.05) is 16.2 Å². The number of halogens is 1. The minimum atomic E-state index is 0.170. The van der Waals surface area contributed by atoms with Crippen molar-refractivity contribution in [3.8, 4) is 6.07 Å². The van der Waals surface area contributed by atoms with Gasteiger partial charge in [0.05, 0.1) is 11.6 Å². The van der Waals surface area contributed by atoms with Gasteiger partial charge in [0.25, 0.3) is 0 Å². The number of aryl methyl sites for hydroxylation is 1. The molecule has 0 aliphatic rings. The third kappa shape index (κ3) is 3.15. The molecule has 0 heterocycles. The number of hydrogen-bond acceptors (Lipinski definition) is 2. The van der Waals surface area contributed by atoms with Gasteiger partial charge in [-0.1, -0.05) is 40.2 Å². The third-order valence-corrected chi connectivity index (χ3v) is 3.83. The average Bonchev–Trinajstić information content (AvgIpc) is 2.41. The van der Waals surface area contributed by atoms with Crippen LogP contribution in [-0.4, -0.2) is 0 Å². The van der Waals surface area contributed by atoms with Crippen molar-refractivity contribution in [2.45, 2.75) is 19.9 Å². The second kappa shape index (κ2) is 5.90. The van der Waals surface area contributed by atoms with E-state index in [1.54, 1.807) is 0 Å². The van der Waals surface area contributed by atoms with Gasteiger partial charge in [-0.2, -0.15) is 5.26 Å². The molecule has 96 valence electrons. The normalized spacial score (nSPS) is 11.7. The number of nitrogens with zero attached hydrogens (tertiary/aromatic N) is 1. The Kier molecular flexibility index (Phi) is 4.24. The Hall–Kier alpha value is -1.79. The zero-order chi connectivity index (χ0) is 13.8. The first-order valence-electron chi connectivity index (χ1n) is 6.13. The number of anilines is 1. The van der Waals surface area contributed by atoms with Crippen LogP contribution >= 0.6 is 15.9 Å². The van der Waals surface area contributed by atoms with Gasteiger partial charge >= 0.3 is 0 Å². The molecule has 1 N–H and O–H groups in total. The highest BCUT2D eigenvalue weighted by molar-refractivity contribution is 9.10. The van der Waals surface area contributed by atoms with E-state index in [9.17, 15) is 0 Å². The predicted octanol–water partition coefficient (Wildman–Crippen LogP) is 4.80. The van der Waals surface area contributed by atoms with Crippen molar-refractivity contribution >= 4 is 21.6 Å². The molecule has 0 amide bonds. The molecule has 1 atom stereocenters. The molecule has 0 fully saturated rings. The minimum absolute atomic E-state index is 0.170. The van der Waals surface area contributed by atoms with Crippen LogP contribution in [0.1, 0.15) is 29.7 Å². The summed E-state index contributed by atoms with van der Waals surface area (Å²) in [5.74, 6) is 0. The zero-order valence-electron chi connectivity index (χ0n) is 10.9. The summed E-state index contributed by atoms with van der Waals surface area (Å²) in [5, 5.41) is 12.4. The van der Waals surface area contributed by atoms with E-state index < -0.39 is 0 Å². The summed E-state index contributed by atoms with van der Waals surface area (Å²) in [6, 6.07) is 16.2. The monoisotopic (exact) mass is 314 g/mol. The number of rotatable bonds is 3. The SMILES string of the molecule is Cc1ccc(C#N)cc1NC(C)c1ccccc1Br. The lowest BCUT2D eigenvalue weighted by Crippen LogP contribution is -2.08. The van der Waals surface area contributed by atoms with Gasteiger partial charge in [0.15, 0.2) is 0 Å². The van der Waals surface area contributed by atoms with Crippen molar-refractivity contribution < 1.29 is 0 Å². The van der Waals surface area contributed by atoms with E-state index in [1.165, 1.54) is 5.56 Å². The van der Waals surface area contributed by atoms with E-state index in [1.807, 2.05) is 43.3 Å². The Bertz CT molecular complexity index is 629. The number of nitrogens with one attached hydrogen (secondary N) is 1. The van der Waals surface area contributed by atoms with Gasteiger partial charge < -0.3 is 5.32 Å². The van der Waals surface area contributed by atoms with Crippen LogP contribution in [0, 0.1) is 18.3 Å². The Labute approximate surface area is 122 Å². The fraction of sp³-hybridized carbons (Fsp3) is 0.188. The lowest BCUT2D eigenvalue weighted by molar-refractivity contribution is 0.876. The molecule has 19 heavy (non-hydrogen) atoms. The Morgan fingerprint density at radius 2 is 1.95 bits per heavy atom. The van der Waals surface area contributed by atoms with Crippen LogP contribution in [0.5, 0.6) is 0 Å². The summed E-state index contributed by atoms with van der Waals surface area (Å²) < 4.78 is 1.09. The first kappa shape index (κ1) is 13.6. The van der Waals surface area contributed by atoms with Gasteiger partial charge in [-0.05, 0) is 43.2 Å². The maximum Gasteiger partial charge on any atom is 0.0992 e. The third-order valence-electron chi connectivity index (χ3n) is 3.11. The van der Waals surface area contributed by atoms with E-state index in [4.69, 9.17) is 5.26 Å². The summed E-state index contributed by atoms with van der Waals surface area (Å²) in [5.41, 5.74) is 4.01. The van der Waals surface area contributed by atoms with Gasteiger partial charge in [-0.25, -0.2) is 0 Å². The Morgan fingerprint density at radius 3 is 2.63 bits per heavy atom. The minimum Gasteiger partial charge on any atom is -0.378 e. The number of benzene rings is 2. The predicted molar refractivity (Wildman–Crippen MR) is 82.1 cm³/mol. The molecule has 2 rings (SSSR count). The van der Waals surface area contributed by atoms with Crippen LogP contribution in [-0.2, 0) is 0 Å². The molecule has 2 aromatic rings. The van der Waals surface area contributed by atoms with Crippen LogP contribution in [0.4, 0.5) is 5.69 Å². The molecule has 1 unspecified atom stereocenters. The van der Waals surface area contributed by atoms with Crippen LogP contribution in [0.25, 0.3) is 0 Å². The van der Waals surface area contributed by atoms with Crippen LogP contribution in [0.3, 0.4) is 0 Å². The van der Waals surface area contributed by atoms with Gasteiger partial charge in [-0.15, -0.1) is 0 Å². The van der Waals surface area contributed by atoms with E-state index in [2.05, 4.69) is 40.3 Å². The van der Waals surface area contributed by atoms with Crippen LogP contribution < -0.4 is 5.32 Å². The molecule has 0 radical (unpaired) electrons. The molecule has 0 spiro atoms. The first-order chi connectivity index (χ1) is 9.11. The summed E-state index contributed by atoms with van der Waals surface area (Å²) in [7, 11) is 0. The van der Waals surface area contributed by atoms with Gasteiger partial charge in [-0.3, -0.25) is 0 Å². The molecule has 0 saturated carbocycles. The van der Waals surface area contributed by atoms with Crippen molar-refractivity contribution in [2.75, 3.05) is 5.32 Å². The lowest BCUT2D eigenvalue weighted by Gasteiger charge is -2.18. The van der Waals surface area contributed by atoms with Crippen molar-refractivity contribution in [3.05, 3.63) is 63.6 Å². The maximum absolute atomic E-state index is 8.96. The molecule has 0 aromatic heterocycles. The van der Waals surface area contributed by atoms with E-state index >= 15 is 0 Å². The summed E-state index contributed by atoms with van der Waals surface area (Å²) >= 11 is 3.56. The van der Waals surface area contributed by atoms with Crippen LogP contribution in [0.2, 0.25) is 0 Å². The van der Waals surface area contributed by atoms with Crippen molar-refractivity contribution in [1.29, 1.82) is 5.26 Å². The Balaban J connectivity index is 2.27. The highest BCUT2D eigenvalue weighted by Gasteiger charge is 2.10. The number of nitriles is 1. The van der Waals surface area contributed by atoms with Crippen LogP contribution in [0.15, 0.2) is 46.9 Å². The molecule has 0 aliphatic carbocycles. The molecular weight excluding hydrogens is 300 g/mol. The van der Waals surface area contributed by atoms with E-state index in [-0.39, 0.29) is 6.04 Å². The first-order valence-corrected chi connectivity index (χ1v) is 6.93. The molecular formula is C16H15BrN2. The van der Waals surface area contributed by atoms with Crippen molar-refractivity contribution in [1.82, 2.24) is 0 Å². The molecule has 0 aliphatic heterocycles.